The maximum atomic E-state index is 11.6. The first-order valence-electron chi connectivity index (χ1n) is 6.63. The molecule has 1 N–H and O–H groups in total. The molecule has 18 heavy (non-hydrogen) atoms. The van der Waals surface area contributed by atoms with E-state index in [1.54, 1.807) is 12.1 Å². The molecule has 3 heteroatoms. The van der Waals surface area contributed by atoms with Gasteiger partial charge in [-0.05, 0) is 31.0 Å². The Morgan fingerprint density at radius 2 is 1.89 bits per heavy atom. The summed E-state index contributed by atoms with van der Waals surface area (Å²) >= 11 is 0. The molecule has 0 bridgehead atoms. The number of unbranched alkanes of at least 4 members (excludes halogenated alkanes) is 4. The molecule has 0 aromatic heterocycles. The molecule has 0 saturated heterocycles. The fraction of sp³-hybridized carbons (Fsp3) is 0.533. The second-order valence-electron chi connectivity index (χ2n) is 4.64. The highest BCUT2D eigenvalue weighted by Gasteiger charge is 2.06. The van der Waals surface area contributed by atoms with Gasteiger partial charge in [-0.25, -0.2) is 0 Å². The van der Waals surface area contributed by atoms with Crippen LogP contribution in [-0.4, -0.2) is 11.1 Å². The lowest BCUT2D eigenvalue weighted by Crippen LogP contribution is -2.07. The Hall–Kier alpha value is -1.51. The Morgan fingerprint density at radius 3 is 2.56 bits per heavy atom. The fourth-order valence-corrected chi connectivity index (χ4v) is 1.84. The fourth-order valence-electron chi connectivity index (χ4n) is 1.84. The summed E-state index contributed by atoms with van der Waals surface area (Å²) in [5.74, 6) is 0.323. The first kappa shape index (κ1) is 14.6. The van der Waals surface area contributed by atoms with Crippen LogP contribution in [0.1, 0.15) is 51.0 Å². The summed E-state index contributed by atoms with van der Waals surface area (Å²) < 4.78 is 5.18. The molecular formula is C15H22O3. The standard InChI is InChI=1S/C15H22O3/c1-3-4-5-6-7-8-15(17)18-14-10-12(2)9-13(16)11-14/h9-11,16H,3-8H2,1-2H3. The minimum atomic E-state index is -0.225. The van der Waals surface area contributed by atoms with Crippen molar-refractivity contribution in [2.75, 3.05) is 0 Å². The van der Waals surface area contributed by atoms with E-state index in [4.69, 9.17) is 4.74 Å². The average Bonchev–Trinajstić information content (AvgIpc) is 2.27. The van der Waals surface area contributed by atoms with Crippen LogP contribution in [0.3, 0.4) is 0 Å². The van der Waals surface area contributed by atoms with Crippen LogP contribution in [0, 0.1) is 6.92 Å². The van der Waals surface area contributed by atoms with Gasteiger partial charge in [0, 0.05) is 12.5 Å². The molecule has 0 unspecified atom stereocenters. The number of ether oxygens (including phenoxy) is 1. The highest BCUT2D eigenvalue weighted by atomic mass is 16.5. The SMILES string of the molecule is CCCCCCCC(=O)Oc1cc(C)cc(O)c1. The zero-order valence-electron chi connectivity index (χ0n) is 11.2. The number of carbonyl (C=O) groups is 1. The number of esters is 1. The molecule has 0 aliphatic carbocycles. The predicted octanol–water partition coefficient (Wildman–Crippen LogP) is 3.97. The molecule has 0 heterocycles. The number of benzene rings is 1. The summed E-state index contributed by atoms with van der Waals surface area (Å²) in [7, 11) is 0. The zero-order chi connectivity index (χ0) is 13.4. The molecule has 0 radical (unpaired) electrons. The van der Waals surface area contributed by atoms with Crippen LogP contribution in [0.4, 0.5) is 0 Å². The highest BCUT2D eigenvalue weighted by molar-refractivity contribution is 5.72. The van der Waals surface area contributed by atoms with Crippen LogP contribution in [0.5, 0.6) is 11.5 Å². The van der Waals surface area contributed by atoms with Crippen molar-refractivity contribution in [1.29, 1.82) is 0 Å². The third-order valence-corrected chi connectivity index (χ3v) is 2.75. The lowest BCUT2D eigenvalue weighted by Gasteiger charge is -2.06. The molecular weight excluding hydrogens is 228 g/mol. The average molecular weight is 250 g/mol. The normalized spacial score (nSPS) is 10.3. The van der Waals surface area contributed by atoms with Gasteiger partial charge in [0.1, 0.15) is 11.5 Å². The van der Waals surface area contributed by atoms with Crippen molar-refractivity contribution in [1.82, 2.24) is 0 Å². The van der Waals surface area contributed by atoms with Crippen molar-refractivity contribution in [3.05, 3.63) is 23.8 Å². The van der Waals surface area contributed by atoms with Gasteiger partial charge in [-0.2, -0.15) is 0 Å². The Morgan fingerprint density at radius 1 is 1.17 bits per heavy atom. The van der Waals surface area contributed by atoms with Gasteiger partial charge in [-0.15, -0.1) is 0 Å². The first-order valence-corrected chi connectivity index (χ1v) is 6.63. The van der Waals surface area contributed by atoms with E-state index in [1.165, 1.54) is 25.3 Å². The van der Waals surface area contributed by atoms with Gasteiger partial charge in [0.2, 0.25) is 0 Å². The molecule has 0 spiro atoms. The van der Waals surface area contributed by atoms with E-state index in [9.17, 15) is 9.90 Å². The van der Waals surface area contributed by atoms with Crippen LogP contribution < -0.4 is 4.74 Å². The van der Waals surface area contributed by atoms with Gasteiger partial charge in [-0.1, -0.05) is 32.6 Å². The lowest BCUT2D eigenvalue weighted by atomic mass is 10.1. The number of carbonyl (C=O) groups excluding carboxylic acids is 1. The second-order valence-corrected chi connectivity index (χ2v) is 4.64. The van der Waals surface area contributed by atoms with Crippen LogP contribution >= 0.6 is 0 Å². The molecule has 1 aromatic carbocycles. The van der Waals surface area contributed by atoms with Gasteiger partial charge in [-0.3, -0.25) is 4.79 Å². The van der Waals surface area contributed by atoms with E-state index in [1.807, 2.05) is 6.92 Å². The number of hydrogen-bond donors (Lipinski definition) is 1. The van der Waals surface area contributed by atoms with E-state index in [0.29, 0.717) is 12.2 Å². The van der Waals surface area contributed by atoms with Gasteiger partial charge >= 0.3 is 5.97 Å². The van der Waals surface area contributed by atoms with Gasteiger partial charge in [0.05, 0.1) is 0 Å². The Labute approximate surface area is 109 Å². The van der Waals surface area contributed by atoms with Crippen molar-refractivity contribution < 1.29 is 14.6 Å². The molecule has 0 aliphatic rings. The number of phenols is 1. The number of hydrogen-bond acceptors (Lipinski definition) is 3. The van der Waals surface area contributed by atoms with E-state index in [2.05, 4.69) is 6.92 Å². The van der Waals surface area contributed by atoms with Crippen LogP contribution in [0.25, 0.3) is 0 Å². The quantitative estimate of drug-likeness (QED) is 0.452. The number of aryl methyl sites for hydroxylation is 1. The minimum absolute atomic E-state index is 0.126. The third-order valence-electron chi connectivity index (χ3n) is 2.75. The van der Waals surface area contributed by atoms with Gasteiger partial charge < -0.3 is 9.84 Å². The maximum absolute atomic E-state index is 11.6. The highest BCUT2D eigenvalue weighted by Crippen LogP contribution is 2.21. The summed E-state index contributed by atoms with van der Waals surface area (Å²) in [6.07, 6.45) is 5.99. The first-order chi connectivity index (χ1) is 8.61. The summed E-state index contributed by atoms with van der Waals surface area (Å²) in [5.41, 5.74) is 0.876. The zero-order valence-corrected chi connectivity index (χ0v) is 11.2. The largest absolute Gasteiger partial charge is 0.508 e. The number of rotatable bonds is 7. The summed E-state index contributed by atoms with van der Waals surface area (Å²) in [6, 6.07) is 4.83. The van der Waals surface area contributed by atoms with Crippen LogP contribution in [-0.2, 0) is 4.79 Å². The number of aromatic hydroxyl groups is 1. The predicted molar refractivity (Wildman–Crippen MR) is 71.9 cm³/mol. The smallest absolute Gasteiger partial charge is 0.311 e. The van der Waals surface area contributed by atoms with E-state index < -0.39 is 0 Å². The molecule has 0 saturated carbocycles. The van der Waals surface area contributed by atoms with Crippen molar-refractivity contribution in [3.8, 4) is 11.5 Å². The Bertz CT molecular complexity index is 365. The molecule has 0 amide bonds. The topological polar surface area (TPSA) is 46.5 Å². The number of phenolic OH excluding ortho intramolecular Hbond substituents is 1. The van der Waals surface area contributed by atoms with E-state index >= 15 is 0 Å². The third kappa shape index (κ3) is 5.71. The maximum Gasteiger partial charge on any atom is 0.311 e. The molecule has 0 fully saturated rings. The van der Waals surface area contributed by atoms with Crippen LogP contribution in [0.2, 0.25) is 0 Å². The van der Waals surface area contributed by atoms with Gasteiger partial charge in [0.25, 0.3) is 0 Å². The van der Waals surface area contributed by atoms with Crippen molar-refractivity contribution in [2.45, 2.75) is 52.4 Å². The monoisotopic (exact) mass is 250 g/mol. The Kier molecular flexibility index (Phi) is 6.26. The van der Waals surface area contributed by atoms with Crippen molar-refractivity contribution in [2.24, 2.45) is 0 Å². The molecule has 3 nitrogen and oxygen atoms in total. The molecule has 0 atom stereocenters. The molecule has 1 rings (SSSR count). The Balaban J connectivity index is 2.31. The molecule has 100 valence electrons. The minimum Gasteiger partial charge on any atom is -0.508 e. The van der Waals surface area contributed by atoms with Crippen LogP contribution in [0.15, 0.2) is 18.2 Å². The molecule has 1 aromatic rings. The van der Waals surface area contributed by atoms with E-state index in [-0.39, 0.29) is 11.7 Å². The molecule has 0 aliphatic heterocycles. The second kappa shape index (κ2) is 7.75. The summed E-state index contributed by atoms with van der Waals surface area (Å²) in [5, 5.41) is 9.39. The van der Waals surface area contributed by atoms with Crippen molar-refractivity contribution in [3.63, 3.8) is 0 Å². The van der Waals surface area contributed by atoms with Crippen molar-refractivity contribution >= 4 is 5.97 Å². The van der Waals surface area contributed by atoms with E-state index in [0.717, 1.165) is 18.4 Å². The summed E-state index contributed by atoms with van der Waals surface area (Å²) in [6.45, 7) is 4.01. The van der Waals surface area contributed by atoms with Gasteiger partial charge in [0.15, 0.2) is 0 Å². The lowest BCUT2D eigenvalue weighted by molar-refractivity contribution is -0.134. The summed E-state index contributed by atoms with van der Waals surface area (Å²) in [4.78, 5) is 11.6.